The minimum atomic E-state index is 0.636. The third-order valence-electron chi connectivity index (χ3n) is 2.86. The maximum absolute atomic E-state index is 4.04. The minimum Gasteiger partial charge on any atom is -0.370 e. The van der Waals surface area contributed by atoms with E-state index in [2.05, 4.69) is 27.3 Å². The highest BCUT2D eigenvalue weighted by molar-refractivity contribution is 5.45. The topological polar surface area (TPSA) is 28.2 Å². The zero-order valence-corrected chi connectivity index (χ0v) is 8.61. The van der Waals surface area contributed by atoms with Gasteiger partial charge < -0.3 is 10.2 Å². The Hall–Kier alpha value is -1.09. The van der Waals surface area contributed by atoms with E-state index in [1.54, 1.807) is 0 Å². The third kappa shape index (κ3) is 2.04. The molecule has 3 heteroatoms. The molecule has 76 valence electrons. The van der Waals surface area contributed by atoms with E-state index in [1.807, 2.05) is 19.4 Å². The van der Waals surface area contributed by atoms with E-state index < -0.39 is 0 Å². The molecule has 1 aliphatic rings. The van der Waals surface area contributed by atoms with E-state index in [1.165, 1.54) is 25.1 Å². The highest BCUT2D eigenvalue weighted by atomic mass is 15.2. The summed E-state index contributed by atoms with van der Waals surface area (Å²) in [6.07, 6.45) is 6.28. The first-order valence-corrected chi connectivity index (χ1v) is 5.22. The highest BCUT2D eigenvalue weighted by Crippen LogP contribution is 2.18. The van der Waals surface area contributed by atoms with Gasteiger partial charge in [0.15, 0.2) is 0 Å². The third-order valence-corrected chi connectivity index (χ3v) is 2.86. The fraction of sp³-hybridized carbons (Fsp3) is 0.545. The maximum atomic E-state index is 4.04. The number of likely N-dealkylation sites (N-methyl/N-ethyl adjacent to an activating group) is 1. The van der Waals surface area contributed by atoms with Crippen LogP contribution in [0.15, 0.2) is 24.5 Å². The predicted molar refractivity (Wildman–Crippen MR) is 58.5 cm³/mol. The van der Waals surface area contributed by atoms with Crippen molar-refractivity contribution in [2.24, 2.45) is 0 Å². The van der Waals surface area contributed by atoms with Gasteiger partial charge >= 0.3 is 0 Å². The van der Waals surface area contributed by atoms with Crippen molar-refractivity contribution in [2.45, 2.75) is 18.9 Å². The van der Waals surface area contributed by atoms with Gasteiger partial charge in [0.2, 0.25) is 0 Å². The second-order valence-electron chi connectivity index (χ2n) is 3.78. The summed E-state index contributed by atoms with van der Waals surface area (Å²) in [4.78, 5) is 6.46. The smallest absolute Gasteiger partial charge is 0.0397 e. The van der Waals surface area contributed by atoms with Gasteiger partial charge in [-0.1, -0.05) is 0 Å². The lowest BCUT2D eigenvalue weighted by Crippen LogP contribution is -2.44. The van der Waals surface area contributed by atoms with Crippen LogP contribution in [-0.4, -0.2) is 31.2 Å². The van der Waals surface area contributed by atoms with Crippen LogP contribution in [0.1, 0.15) is 12.8 Å². The van der Waals surface area contributed by atoms with Gasteiger partial charge in [0, 0.05) is 37.2 Å². The van der Waals surface area contributed by atoms with Crippen molar-refractivity contribution in [1.82, 2.24) is 10.3 Å². The molecule has 1 atom stereocenters. The summed E-state index contributed by atoms with van der Waals surface area (Å²) in [5, 5.41) is 3.35. The molecule has 1 saturated heterocycles. The van der Waals surface area contributed by atoms with Crippen LogP contribution in [0, 0.1) is 0 Å². The Bertz CT molecular complexity index is 273. The molecule has 0 spiro atoms. The van der Waals surface area contributed by atoms with Crippen LogP contribution in [-0.2, 0) is 0 Å². The number of aromatic nitrogens is 1. The van der Waals surface area contributed by atoms with Crippen molar-refractivity contribution in [3.8, 4) is 0 Å². The number of nitrogens with zero attached hydrogens (tertiary/aromatic N) is 2. The van der Waals surface area contributed by atoms with Crippen LogP contribution < -0.4 is 10.2 Å². The summed E-state index contributed by atoms with van der Waals surface area (Å²) in [6.45, 7) is 2.28. The zero-order valence-electron chi connectivity index (χ0n) is 8.61. The minimum absolute atomic E-state index is 0.636. The Morgan fingerprint density at radius 3 is 2.93 bits per heavy atom. The van der Waals surface area contributed by atoms with Crippen LogP contribution in [0.3, 0.4) is 0 Å². The molecule has 14 heavy (non-hydrogen) atoms. The molecule has 0 radical (unpaired) electrons. The summed E-state index contributed by atoms with van der Waals surface area (Å²) in [5.74, 6) is 0. The number of pyridine rings is 1. The fourth-order valence-electron chi connectivity index (χ4n) is 2.00. The number of anilines is 1. The molecule has 0 amide bonds. The van der Waals surface area contributed by atoms with Gasteiger partial charge in [0.25, 0.3) is 0 Å². The Labute approximate surface area is 85.1 Å². The summed E-state index contributed by atoms with van der Waals surface area (Å²) >= 11 is 0. The van der Waals surface area contributed by atoms with Gasteiger partial charge in [-0.25, -0.2) is 0 Å². The summed E-state index contributed by atoms with van der Waals surface area (Å²) < 4.78 is 0. The SMILES string of the molecule is CNC1CCCN(c2ccncc2)C1. The molecule has 1 aromatic heterocycles. The summed E-state index contributed by atoms with van der Waals surface area (Å²) in [6, 6.07) is 4.80. The highest BCUT2D eigenvalue weighted by Gasteiger charge is 2.18. The molecule has 2 heterocycles. The average molecular weight is 191 g/mol. The lowest BCUT2D eigenvalue weighted by molar-refractivity contribution is 0.449. The molecule has 2 rings (SSSR count). The van der Waals surface area contributed by atoms with Crippen molar-refractivity contribution in [3.05, 3.63) is 24.5 Å². The molecule has 1 aliphatic heterocycles. The van der Waals surface area contributed by atoms with Gasteiger partial charge in [-0.15, -0.1) is 0 Å². The molecule has 0 aliphatic carbocycles. The first-order valence-electron chi connectivity index (χ1n) is 5.22. The number of hydrogen-bond acceptors (Lipinski definition) is 3. The van der Waals surface area contributed by atoms with Crippen LogP contribution >= 0.6 is 0 Å². The number of nitrogens with one attached hydrogen (secondary N) is 1. The number of piperidine rings is 1. The quantitative estimate of drug-likeness (QED) is 0.763. The standard InChI is InChI=1S/C11H17N3/c1-12-10-3-2-8-14(9-10)11-4-6-13-7-5-11/h4-7,10,12H,2-3,8-9H2,1H3. The number of hydrogen-bond donors (Lipinski definition) is 1. The molecule has 1 N–H and O–H groups in total. The Balaban J connectivity index is 2.04. The van der Waals surface area contributed by atoms with Gasteiger partial charge in [0.1, 0.15) is 0 Å². The fourth-order valence-corrected chi connectivity index (χ4v) is 2.00. The normalized spacial score (nSPS) is 22.4. The Morgan fingerprint density at radius 1 is 1.43 bits per heavy atom. The van der Waals surface area contributed by atoms with Crippen molar-refractivity contribution in [1.29, 1.82) is 0 Å². The van der Waals surface area contributed by atoms with E-state index in [0.29, 0.717) is 6.04 Å². The second-order valence-corrected chi connectivity index (χ2v) is 3.78. The van der Waals surface area contributed by atoms with Crippen molar-refractivity contribution in [3.63, 3.8) is 0 Å². The predicted octanol–water partition coefficient (Wildman–Crippen LogP) is 1.27. The first kappa shape index (κ1) is 9.46. The molecular weight excluding hydrogens is 174 g/mol. The second kappa shape index (κ2) is 4.42. The van der Waals surface area contributed by atoms with E-state index in [0.717, 1.165) is 6.54 Å². The molecule has 1 fully saturated rings. The lowest BCUT2D eigenvalue weighted by Gasteiger charge is -2.34. The summed E-state index contributed by atoms with van der Waals surface area (Å²) in [7, 11) is 2.04. The summed E-state index contributed by atoms with van der Waals surface area (Å²) in [5.41, 5.74) is 1.29. The van der Waals surface area contributed by atoms with E-state index in [4.69, 9.17) is 0 Å². The maximum Gasteiger partial charge on any atom is 0.0397 e. The van der Waals surface area contributed by atoms with Crippen LogP contribution in [0.2, 0.25) is 0 Å². The van der Waals surface area contributed by atoms with E-state index >= 15 is 0 Å². The molecule has 0 bridgehead atoms. The van der Waals surface area contributed by atoms with Crippen molar-refractivity contribution >= 4 is 5.69 Å². The van der Waals surface area contributed by atoms with Crippen LogP contribution in [0.5, 0.6) is 0 Å². The Kier molecular flexibility index (Phi) is 2.99. The van der Waals surface area contributed by atoms with Crippen LogP contribution in [0.25, 0.3) is 0 Å². The molecule has 0 aromatic carbocycles. The van der Waals surface area contributed by atoms with Crippen molar-refractivity contribution in [2.75, 3.05) is 25.0 Å². The zero-order chi connectivity index (χ0) is 9.80. The molecule has 0 saturated carbocycles. The van der Waals surface area contributed by atoms with Gasteiger partial charge in [0.05, 0.1) is 0 Å². The van der Waals surface area contributed by atoms with Gasteiger partial charge in [-0.3, -0.25) is 4.98 Å². The number of rotatable bonds is 2. The van der Waals surface area contributed by atoms with Crippen LogP contribution in [0.4, 0.5) is 5.69 Å². The molecular formula is C11H17N3. The monoisotopic (exact) mass is 191 g/mol. The first-order chi connectivity index (χ1) is 6.90. The Morgan fingerprint density at radius 2 is 2.21 bits per heavy atom. The lowest BCUT2D eigenvalue weighted by atomic mass is 10.1. The molecule has 1 aromatic rings. The van der Waals surface area contributed by atoms with Gasteiger partial charge in [-0.2, -0.15) is 0 Å². The average Bonchev–Trinajstić information content (AvgIpc) is 2.30. The van der Waals surface area contributed by atoms with E-state index in [9.17, 15) is 0 Å². The molecule has 3 nitrogen and oxygen atoms in total. The largest absolute Gasteiger partial charge is 0.370 e. The van der Waals surface area contributed by atoms with E-state index in [-0.39, 0.29) is 0 Å². The van der Waals surface area contributed by atoms with Crippen molar-refractivity contribution < 1.29 is 0 Å². The van der Waals surface area contributed by atoms with Gasteiger partial charge in [-0.05, 0) is 32.0 Å². The molecule has 1 unspecified atom stereocenters.